The second kappa shape index (κ2) is 7.06. The number of carbonyl (C=O) groups excluding carboxylic acids is 1. The van der Waals surface area contributed by atoms with Gasteiger partial charge in [-0.25, -0.2) is 14.0 Å². The van der Waals surface area contributed by atoms with E-state index in [4.69, 9.17) is 10.4 Å². The lowest BCUT2D eigenvalue weighted by Gasteiger charge is -2.14. The Morgan fingerprint density at radius 1 is 1.55 bits per heavy atom. The maximum absolute atomic E-state index is 13.3. The highest BCUT2D eigenvalue weighted by atomic mass is 19.1. The van der Waals surface area contributed by atoms with E-state index >= 15 is 0 Å². The van der Waals surface area contributed by atoms with Crippen LogP contribution in [-0.2, 0) is 9.53 Å². The molecule has 2 amide bonds. The van der Waals surface area contributed by atoms with Gasteiger partial charge in [0.15, 0.2) is 6.04 Å². The van der Waals surface area contributed by atoms with Crippen molar-refractivity contribution < 1.29 is 23.8 Å². The topological polar surface area (TPSA) is 111 Å². The third-order valence-corrected chi connectivity index (χ3v) is 2.31. The van der Waals surface area contributed by atoms with Crippen molar-refractivity contribution in [2.24, 2.45) is 0 Å². The van der Waals surface area contributed by atoms with Crippen LogP contribution in [0.25, 0.3) is 0 Å². The fourth-order valence-electron chi connectivity index (χ4n) is 1.40. The number of carboxylic acid groups (broad SMARTS) is 1. The highest BCUT2D eigenvalue weighted by Crippen LogP contribution is 2.17. The molecule has 0 aliphatic carbocycles. The molecule has 0 aliphatic heterocycles. The predicted octanol–water partition coefficient (Wildman–Crippen LogP) is 0.918. The van der Waals surface area contributed by atoms with E-state index in [-0.39, 0.29) is 17.9 Å². The molecule has 1 unspecified atom stereocenters. The number of hydrogen-bond acceptors (Lipinski definition) is 4. The van der Waals surface area contributed by atoms with Crippen molar-refractivity contribution in [3.63, 3.8) is 0 Å². The average molecular weight is 281 g/mol. The van der Waals surface area contributed by atoms with Gasteiger partial charge in [0.2, 0.25) is 0 Å². The monoisotopic (exact) mass is 281 g/mol. The zero-order valence-corrected chi connectivity index (χ0v) is 10.5. The third kappa shape index (κ3) is 3.93. The number of anilines is 1. The first kappa shape index (κ1) is 15.4. The minimum absolute atomic E-state index is 0.0495. The van der Waals surface area contributed by atoms with Crippen LogP contribution in [0, 0.1) is 17.1 Å². The molecule has 0 spiro atoms. The van der Waals surface area contributed by atoms with E-state index in [9.17, 15) is 14.0 Å². The van der Waals surface area contributed by atoms with Crippen molar-refractivity contribution in [1.82, 2.24) is 5.32 Å². The zero-order chi connectivity index (χ0) is 15.1. The molecule has 0 bridgehead atoms. The first-order valence-corrected chi connectivity index (χ1v) is 5.47. The van der Waals surface area contributed by atoms with Crippen LogP contribution in [0.2, 0.25) is 0 Å². The molecule has 0 aliphatic rings. The van der Waals surface area contributed by atoms with E-state index in [1.807, 2.05) is 0 Å². The van der Waals surface area contributed by atoms with E-state index in [1.54, 1.807) is 6.07 Å². The number of hydrogen-bond donors (Lipinski definition) is 3. The van der Waals surface area contributed by atoms with Gasteiger partial charge in [-0.1, -0.05) is 6.07 Å². The fraction of sp³-hybridized carbons (Fsp3) is 0.250. The van der Waals surface area contributed by atoms with Crippen LogP contribution in [-0.4, -0.2) is 36.9 Å². The molecule has 0 aromatic heterocycles. The SMILES string of the molecule is COCC(NC(=O)Nc1cccc(F)c1C#N)C(=O)O. The Morgan fingerprint density at radius 3 is 2.80 bits per heavy atom. The van der Waals surface area contributed by atoms with Gasteiger partial charge in [-0.3, -0.25) is 0 Å². The van der Waals surface area contributed by atoms with E-state index < -0.39 is 23.9 Å². The van der Waals surface area contributed by atoms with Crippen LogP contribution >= 0.6 is 0 Å². The summed E-state index contributed by atoms with van der Waals surface area (Å²) >= 11 is 0. The number of nitrogens with zero attached hydrogens (tertiary/aromatic N) is 1. The van der Waals surface area contributed by atoms with Crippen LogP contribution in [0.5, 0.6) is 0 Å². The summed E-state index contributed by atoms with van der Waals surface area (Å²) in [6.45, 7) is -0.225. The summed E-state index contributed by atoms with van der Waals surface area (Å²) in [6, 6.07) is 3.20. The van der Waals surface area contributed by atoms with Gasteiger partial charge in [0.05, 0.1) is 12.3 Å². The lowest BCUT2D eigenvalue weighted by molar-refractivity contribution is -0.140. The second-order valence-corrected chi connectivity index (χ2v) is 3.72. The number of aliphatic carboxylic acids is 1. The van der Waals surface area contributed by atoms with Crippen LogP contribution in [0.15, 0.2) is 18.2 Å². The predicted molar refractivity (Wildman–Crippen MR) is 66.6 cm³/mol. The molecule has 0 saturated heterocycles. The third-order valence-electron chi connectivity index (χ3n) is 2.31. The lowest BCUT2D eigenvalue weighted by atomic mass is 10.2. The number of rotatable bonds is 5. The number of halogens is 1. The number of methoxy groups -OCH3 is 1. The number of urea groups is 1. The minimum atomic E-state index is -1.28. The molecule has 3 N–H and O–H groups in total. The van der Waals surface area contributed by atoms with Crippen molar-refractivity contribution in [1.29, 1.82) is 5.26 Å². The van der Waals surface area contributed by atoms with E-state index in [0.717, 1.165) is 6.07 Å². The summed E-state index contributed by atoms with van der Waals surface area (Å²) < 4.78 is 17.9. The molecule has 0 radical (unpaired) electrons. The van der Waals surface area contributed by atoms with Gasteiger partial charge in [0.25, 0.3) is 0 Å². The zero-order valence-electron chi connectivity index (χ0n) is 10.5. The number of nitriles is 1. The average Bonchev–Trinajstić information content (AvgIpc) is 2.38. The van der Waals surface area contributed by atoms with Crippen LogP contribution in [0.4, 0.5) is 14.9 Å². The van der Waals surface area contributed by atoms with E-state index in [0.29, 0.717) is 0 Å². The molecule has 1 rings (SSSR count). The molecule has 1 aromatic rings. The maximum Gasteiger partial charge on any atom is 0.328 e. The Labute approximate surface area is 114 Å². The first-order chi connectivity index (χ1) is 9.49. The molecule has 0 fully saturated rings. The largest absolute Gasteiger partial charge is 0.480 e. The molecule has 20 heavy (non-hydrogen) atoms. The molecule has 7 nitrogen and oxygen atoms in total. The number of benzene rings is 1. The lowest BCUT2D eigenvalue weighted by Crippen LogP contribution is -2.45. The second-order valence-electron chi connectivity index (χ2n) is 3.72. The molecule has 8 heteroatoms. The van der Waals surface area contributed by atoms with E-state index in [1.165, 1.54) is 19.2 Å². The van der Waals surface area contributed by atoms with Crippen molar-refractivity contribution >= 4 is 17.7 Å². The Balaban J connectivity index is 2.79. The molecule has 1 aromatic carbocycles. The molecule has 106 valence electrons. The summed E-state index contributed by atoms with van der Waals surface area (Å²) in [7, 11) is 1.29. The molecule has 1 atom stereocenters. The Hall–Kier alpha value is -2.66. The Bertz CT molecular complexity index is 556. The summed E-state index contributed by atoms with van der Waals surface area (Å²) in [5.74, 6) is -2.06. The quantitative estimate of drug-likeness (QED) is 0.743. The van der Waals surface area contributed by atoms with Gasteiger partial charge in [-0.15, -0.1) is 0 Å². The molecule has 0 heterocycles. The fourth-order valence-corrected chi connectivity index (χ4v) is 1.40. The summed E-state index contributed by atoms with van der Waals surface area (Å²) in [4.78, 5) is 22.4. The maximum atomic E-state index is 13.3. The van der Waals surface area contributed by atoms with Crippen LogP contribution < -0.4 is 10.6 Å². The van der Waals surface area contributed by atoms with Gasteiger partial charge < -0.3 is 20.5 Å². The Morgan fingerprint density at radius 2 is 2.25 bits per heavy atom. The number of nitrogens with one attached hydrogen (secondary N) is 2. The molecular formula is C12H12FN3O4. The standard InChI is InChI=1S/C12H12FN3O4/c1-20-6-10(11(17)18)16-12(19)15-9-4-2-3-8(13)7(9)5-14/h2-4,10H,6H2,1H3,(H,17,18)(H2,15,16,19). The van der Waals surface area contributed by atoms with Crippen molar-refractivity contribution in [2.75, 3.05) is 19.0 Å². The Kier molecular flexibility index (Phi) is 5.43. The molecule has 0 saturated carbocycles. The van der Waals surface area contributed by atoms with Crippen LogP contribution in [0.1, 0.15) is 5.56 Å². The summed E-state index contributed by atoms with van der Waals surface area (Å²) in [5.41, 5.74) is -0.382. The van der Waals surface area contributed by atoms with E-state index in [2.05, 4.69) is 15.4 Å². The van der Waals surface area contributed by atoms with Gasteiger partial charge >= 0.3 is 12.0 Å². The normalized spacial score (nSPS) is 11.2. The van der Waals surface area contributed by atoms with Crippen molar-refractivity contribution in [2.45, 2.75) is 6.04 Å². The summed E-state index contributed by atoms with van der Waals surface area (Å²) in [6.07, 6.45) is 0. The van der Waals surface area contributed by atoms with Gasteiger partial charge in [0, 0.05) is 7.11 Å². The van der Waals surface area contributed by atoms with Crippen molar-refractivity contribution in [3.8, 4) is 6.07 Å². The molecular weight excluding hydrogens is 269 g/mol. The number of carbonyl (C=O) groups is 2. The smallest absolute Gasteiger partial charge is 0.328 e. The number of amides is 2. The summed E-state index contributed by atoms with van der Waals surface area (Å²) in [5, 5.41) is 22.0. The first-order valence-electron chi connectivity index (χ1n) is 5.47. The minimum Gasteiger partial charge on any atom is -0.480 e. The highest BCUT2D eigenvalue weighted by molar-refractivity contribution is 5.93. The highest BCUT2D eigenvalue weighted by Gasteiger charge is 2.20. The number of carboxylic acids is 1. The van der Waals surface area contributed by atoms with Crippen molar-refractivity contribution in [3.05, 3.63) is 29.6 Å². The van der Waals surface area contributed by atoms with Gasteiger partial charge in [0.1, 0.15) is 17.4 Å². The van der Waals surface area contributed by atoms with Gasteiger partial charge in [-0.2, -0.15) is 5.26 Å². The van der Waals surface area contributed by atoms with Crippen LogP contribution in [0.3, 0.4) is 0 Å². The number of ether oxygens (including phenoxy) is 1. The van der Waals surface area contributed by atoms with Gasteiger partial charge in [-0.05, 0) is 12.1 Å².